The van der Waals surface area contributed by atoms with Gasteiger partial charge in [0.1, 0.15) is 5.15 Å². The normalized spacial score (nSPS) is 10.2. The molecule has 21 heavy (non-hydrogen) atoms. The number of carbonyl (C=O) groups excluding carboxylic acids is 1. The van der Waals surface area contributed by atoms with Gasteiger partial charge in [-0.15, -0.1) is 0 Å². The fourth-order valence-electron chi connectivity index (χ4n) is 1.96. The molecule has 0 fully saturated rings. The minimum Gasteiger partial charge on any atom is -0.478 e. The average molecular weight is 305 g/mol. The van der Waals surface area contributed by atoms with Gasteiger partial charge >= 0.3 is 5.97 Å². The molecule has 0 radical (unpaired) electrons. The third kappa shape index (κ3) is 3.38. The Kier molecular flexibility index (Phi) is 4.23. The lowest BCUT2D eigenvalue weighted by atomic mass is 10.1. The van der Waals surface area contributed by atoms with Gasteiger partial charge in [-0.05, 0) is 37.6 Å². The average Bonchev–Trinajstić information content (AvgIpc) is 2.39. The summed E-state index contributed by atoms with van der Waals surface area (Å²) < 4.78 is 0. The number of aryl methyl sites for hydroxylation is 2. The number of hydrogen-bond donors (Lipinski definition) is 2. The number of aromatic carboxylic acids is 1. The topological polar surface area (TPSA) is 79.3 Å². The fraction of sp³-hybridized carbons (Fsp3) is 0.133. The lowest BCUT2D eigenvalue weighted by Gasteiger charge is -2.12. The molecular weight excluding hydrogens is 292 g/mol. The number of anilines is 1. The van der Waals surface area contributed by atoms with Crippen molar-refractivity contribution in [2.24, 2.45) is 0 Å². The molecule has 0 saturated heterocycles. The van der Waals surface area contributed by atoms with Crippen LogP contribution in [-0.4, -0.2) is 22.0 Å². The van der Waals surface area contributed by atoms with Gasteiger partial charge in [0.25, 0.3) is 5.91 Å². The Morgan fingerprint density at radius 3 is 2.57 bits per heavy atom. The van der Waals surface area contributed by atoms with Crippen LogP contribution in [0.5, 0.6) is 0 Å². The molecule has 2 aromatic rings. The van der Waals surface area contributed by atoms with E-state index < -0.39 is 11.9 Å². The summed E-state index contributed by atoms with van der Waals surface area (Å²) in [5.74, 6) is -1.53. The molecule has 108 valence electrons. The maximum Gasteiger partial charge on any atom is 0.337 e. The van der Waals surface area contributed by atoms with E-state index in [1.54, 1.807) is 32.0 Å². The van der Waals surface area contributed by atoms with Gasteiger partial charge in [0.2, 0.25) is 0 Å². The molecule has 1 aromatic carbocycles. The first-order chi connectivity index (χ1) is 9.88. The number of hydrogen-bond acceptors (Lipinski definition) is 3. The number of benzene rings is 1. The second kappa shape index (κ2) is 5.93. The van der Waals surface area contributed by atoms with Crippen molar-refractivity contribution in [3.63, 3.8) is 0 Å². The highest BCUT2D eigenvalue weighted by Crippen LogP contribution is 2.22. The quantitative estimate of drug-likeness (QED) is 0.853. The lowest BCUT2D eigenvalue weighted by molar-refractivity contribution is 0.0698. The third-order valence-electron chi connectivity index (χ3n) is 2.93. The first-order valence-electron chi connectivity index (χ1n) is 6.17. The molecule has 1 amide bonds. The number of pyridine rings is 1. The predicted octanol–water partition coefficient (Wildman–Crippen LogP) is 3.30. The van der Waals surface area contributed by atoms with Crippen LogP contribution in [0.4, 0.5) is 5.69 Å². The van der Waals surface area contributed by atoms with E-state index in [-0.39, 0.29) is 16.4 Å². The molecule has 2 rings (SSSR count). The van der Waals surface area contributed by atoms with Crippen LogP contribution in [0.3, 0.4) is 0 Å². The Bertz CT molecular complexity index is 709. The molecule has 0 unspecified atom stereocenters. The molecule has 5 nitrogen and oxygen atoms in total. The smallest absolute Gasteiger partial charge is 0.337 e. The number of aromatic nitrogens is 1. The molecule has 0 aliphatic rings. The molecule has 0 aliphatic heterocycles. The predicted molar refractivity (Wildman–Crippen MR) is 80.1 cm³/mol. The van der Waals surface area contributed by atoms with Gasteiger partial charge < -0.3 is 10.4 Å². The van der Waals surface area contributed by atoms with Gasteiger partial charge in [-0.3, -0.25) is 4.79 Å². The number of carboxylic acid groups (broad SMARTS) is 1. The van der Waals surface area contributed by atoms with Crippen molar-refractivity contribution < 1.29 is 14.7 Å². The highest BCUT2D eigenvalue weighted by Gasteiger charge is 2.16. The molecule has 1 heterocycles. The summed E-state index contributed by atoms with van der Waals surface area (Å²) in [7, 11) is 0. The van der Waals surface area contributed by atoms with Gasteiger partial charge in [-0.2, -0.15) is 0 Å². The Morgan fingerprint density at radius 1 is 1.24 bits per heavy atom. The van der Waals surface area contributed by atoms with Gasteiger partial charge in [-0.1, -0.05) is 23.7 Å². The van der Waals surface area contributed by atoms with Crippen LogP contribution < -0.4 is 5.32 Å². The van der Waals surface area contributed by atoms with Crippen molar-refractivity contribution in [1.82, 2.24) is 4.98 Å². The standard InChI is InChI=1S/C15H13ClN2O3/c1-8-4-3-5-11(15(20)21)13(8)18-14(19)10-6-9(2)17-12(16)7-10/h3-7H,1-2H3,(H,18,19)(H,20,21). The minimum atomic E-state index is -1.10. The van der Waals surface area contributed by atoms with Crippen molar-refractivity contribution in [2.45, 2.75) is 13.8 Å². The molecular formula is C15H13ClN2O3. The first kappa shape index (κ1) is 15.0. The van der Waals surface area contributed by atoms with E-state index in [4.69, 9.17) is 11.6 Å². The Hall–Kier alpha value is -2.40. The second-order valence-corrected chi connectivity index (χ2v) is 4.96. The number of amides is 1. The summed E-state index contributed by atoms with van der Waals surface area (Å²) in [5, 5.41) is 12.0. The van der Waals surface area contributed by atoms with Crippen LogP contribution in [0.2, 0.25) is 5.15 Å². The Labute approximate surface area is 126 Å². The lowest BCUT2D eigenvalue weighted by Crippen LogP contribution is -2.16. The van der Waals surface area contributed by atoms with Gasteiger partial charge in [-0.25, -0.2) is 9.78 Å². The van der Waals surface area contributed by atoms with Crippen LogP contribution in [-0.2, 0) is 0 Å². The number of para-hydroxylation sites is 1. The molecule has 0 bridgehead atoms. The monoisotopic (exact) mass is 304 g/mol. The van der Waals surface area contributed by atoms with Crippen LogP contribution in [0.25, 0.3) is 0 Å². The fourth-order valence-corrected chi connectivity index (χ4v) is 2.21. The van der Waals surface area contributed by atoms with Crippen LogP contribution >= 0.6 is 11.6 Å². The van der Waals surface area contributed by atoms with Gasteiger partial charge in [0.05, 0.1) is 11.3 Å². The molecule has 2 N–H and O–H groups in total. The Morgan fingerprint density at radius 2 is 1.95 bits per heavy atom. The molecule has 0 atom stereocenters. The summed E-state index contributed by atoms with van der Waals surface area (Å²) in [4.78, 5) is 27.5. The largest absolute Gasteiger partial charge is 0.478 e. The second-order valence-electron chi connectivity index (χ2n) is 4.58. The van der Waals surface area contributed by atoms with Crippen molar-refractivity contribution in [3.05, 3.63) is 57.9 Å². The van der Waals surface area contributed by atoms with Gasteiger partial charge in [0.15, 0.2) is 0 Å². The van der Waals surface area contributed by atoms with Crippen LogP contribution in [0.1, 0.15) is 32.0 Å². The highest BCUT2D eigenvalue weighted by molar-refractivity contribution is 6.29. The molecule has 0 aliphatic carbocycles. The third-order valence-corrected chi connectivity index (χ3v) is 3.12. The maximum absolute atomic E-state index is 12.3. The van der Waals surface area contributed by atoms with Gasteiger partial charge in [0, 0.05) is 11.3 Å². The first-order valence-corrected chi connectivity index (χ1v) is 6.54. The zero-order valence-corrected chi connectivity index (χ0v) is 12.2. The van der Waals surface area contributed by atoms with Crippen molar-refractivity contribution in [2.75, 3.05) is 5.32 Å². The Balaban J connectivity index is 2.38. The van der Waals surface area contributed by atoms with E-state index in [0.717, 1.165) is 0 Å². The van der Waals surface area contributed by atoms with Crippen molar-refractivity contribution >= 4 is 29.2 Å². The maximum atomic E-state index is 12.3. The van der Waals surface area contributed by atoms with E-state index >= 15 is 0 Å². The molecule has 0 spiro atoms. The molecule has 0 saturated carbocycles. The number of halogens is 1. The van der Waals surface area contributed by atoms with E-state index in [2.05, 4.69) is 10.3 Å². The van der Waals surface area contributed by atoms with E-state index in [9.17, 15) is 14.7 Å². The minimum absolute atomic E-state index is 0.0419. The van der Waals surface area contributed by atoms with Crippen LogP contribution in [0.15, 0.2) is 30.3 Å². The zero-order valence-electron chi connectivity index (χ0n) is 11.5. The number of carbonyl (C=O) groups is 2. The number of rotatable bonds is 3. The molecule has 1 aromatic heterocycles. The summed E-state index contributed by atoms with van der Waals surface area (Å²) in [6, 6.07) is 7.81. The number of carboxylic acids is 1. The SMILES string of the molecule is Cc1cc(C(=O)Nc2c(C)cccc2C(=O)O)cc(Cl)n1. The van der Waals surface area contributed by atoms with Crippen molar-refractivity contribution in [3.8, 4) is 0 Å². The summed E-state index contributed by atoms with van der Waals surface area (Å²) in [6.07, 6.45) is 0. The van der Waals surface area contributed by atoms with E-state index in [1.807, 2.05) is 0 Å². The van der Waals surface area contributed by atoms with E-state index in [1.165, 1.54) is 12.1 Å². The van der Waals surface area contributed by atoms with Crippen molar-refractivity contribution in [1.29, 1.82) is 0 Å². The van der Waals surface area contributed by atoms with E-state index in [0.29, 0.717) is 16.8 Å². The summed E-state index contributed by atoms with van der Waals surface area (Å²) in [5.41, 5.74) is 1.92. The highest BCUT2D eigenvalue weighted by atomic mass is 35.5. The summed E-state index contributed by atoms with van der Waals surface area (Å²) in [6.45, 7) is 3.45. The molecule has 6 heteroatoms. The summed E-state index contributed by atoms with van der Waals surface area (Å²) >= 11 is 5.82. The zero-order chi connectivity index (χ0) is 15.6. The number of nitrogens with one attached hydrogen (secondary N) is 1. The van der Waals surface area contributed by atoms with Crippen LogP contribution in [0, 0.1) is 13.8 Å². The number of nitrogens with zero attached hydrogens (tertiary/aromatic N) is 1.